The minimum Gasteiger partial charge on any atom is -0.464 e. The van der Waals surface area contributed by atoms with E-state index in [1.54, 1.807) is 11.3 Å². The van der Waals surface area contributed by atoms with Gasteiger partial charge in [-0.1, -0.05) is 0 Å². The van der Waals surface area contributed by atoms with E-state index in [0.717, 1.165) is 66.2 Å². The van der Waals surface area contributed by atoms with Crippen molar-refractivity contribution < 1.29 is 9.15 Å². The lowest BCUT2D eigenvalue weighted by Crippen LogP contribution is -2.36. The quantitative estimate of drug-likeness (QED) is 0.708. The van der Waals surface area contributed by atoms with Crippen LogP contribution in [0.1, 0.15) is 40.8 Å². The highest BCUT2D eigenvalue weighted by Gasteiger charge is 2.19. The summed E-state index contributed by atoms with van der Waals surface area (Å²) in [6.45, 7) is 12.5. The molecular formula is C20H26N4O2S. The first kappa shape index (κ1) is 18.4. The van der Waals surface area contributed by atoms with Crippen molar-refractivity contribution in [3.05, 3.63) is 39.9 Å². The lowest BCUT2D eigenvalue weighted by molar-refractivity contribution is 0.0331. The maximum absolute atomic E-state index is 5.79. The molecule has 0 aliphatic carbocycles. The molecule has 4 rings (SSSR count). The Balaban J connectivity index is 1.67. The van der Waals surface area contributed by atoms with Gasteiger partial charge in [0, 0.05) is 18.0 Å². The monoisotopic (exact) mass is 386 g/mol. The van der Waals surface area contributed by atoms with Gasteiger partial charge in [0.15, 0.2) is 0 Å². The number of morpholine rings is 1. The Kier molecular flexibility index (Phi) is 5.16. The van der Waals surface area contributed by atoms with Crippen LogP contribution in [0, 0.1) is 20.8 Å². The number of fused-ring (bicyclic) bond motifs is 1. The second-order valence-corrected chi connectivity index (χ2v) is 8.36. The fourth-order valence-corrected chi connectivity index (χ4v) is 4.44. The van der Waals surface area contributed by atoms with Gasteiger partial charge in [-0.25, -0.2) is 9.97 Å². The van der Waals surface area contributed by atoms with Crippen molar-refractivity contribution >= 4 is 27.4 Å². The molecule has 0 spiro atoms. The average Bonchev–Trinajstić information content (AvgIpc) is 3.20. The van der Waals surface area contributed by atoms with Crippen LogP contribution in [0.4, 0.5) is 5.82 Å². The molecule has 0 bridgehead atoms. The molecular weight excluding hydrogens is 360 g/mol. The van der Waals surface area contributed by atoms with Crippen LogP contribution in [0.3, 0.4) is 0 Å². The molecule has 4 heterocycles. The fraction of sp³-hybridized carbons (Fsp3) is 0.500. The van der Waals surface area contributed by atoms with Crippen LogP contribution in [-0.2, 0) is 11.3 Å². The van der Waals surface area contributed by atoms with Gasteiger partial charge in [0.25, 0.3) is 0 Å². The number of nitrogens with zero attached hydrogens (tertiary/aromatic N) is 3. The average molecular weight is 387 g/mol. The Morgan fingerprint density at radius 2 is 1.96 bits per heavy atom. The van der Waals surface area contributed by atoms with Gasteiger partial charge in [0.1, 0.15) is 28.0 Å². The predicted octanol–water partition coefficient (Wildman–Crippen LogP) is 4.21. The molecule has 1 unspecified atom stereocenters. The highest BCUT2D eigenvalue weighted by atomic mass is 32.1. The Bertz CT molecular complexity index is 943. The first-order valence-corrected chi connectivity index (χ1v) is 10.2. The molecule has 7 heteroatoms. The molecule has 1 atom stereocenters. The summed E-state index contributed by atoms with van der Waals surface area (Å²) >= 11 is 1.74. The van der Waals surface area contributed by atoms with Crippen LogP contribution >= 0.6 is 11.3 Å². The van der Waals surface area contributed by atoms with Crippen molar-refractivity contribution in [3.8, 4) is 0 Å². The smallest absolute Gasteiger partial charge is 0.146 e. The fourth-order valence-electron chi connectivity index (χ4n) is 3.39. The summed E-state index contributed by atoms with van der Waals surface area (Å²) < 4.78 is 11.2. The molecule has 27 heavy (non-hydrogen) atoms. The normalized spacial score (nSPS) is 16.7. The van der Waals surface area contributed by atoms with Gasteiger partial charge in [-0.3, -0.25) is 4.90 Å². The zero-order valence-electron chi connectivity index (χ0n) is 16.3. The zero-order chi connectivity index (χ0) is 19.0. The first-order chi connectivity index (χ1) is 13.0. The summed E-state index contributed by atoms with van der Waals surface area (Å²) in [6.07, 6.45) is 0. The second-order valence-electron chi connectivity index (χ2n) is 7.15. The van der Waals surface area contributed by atoms with Crippen molar-refractivity contribution in [2.45, 2.75) is 40.3 Å². The number of aryl methyl sites for hydroxylation is 3. The van der Waals surface area contributed by atoms with Crippen molar-refractivity contribution in [2.75, 3.05) is 31.6 Å². The van der Waals surface area contributed by atoms with Gasteiger partial charge < -0.3 is 14.5 Å². The van der Waals surface area contributed by atoms with Crippen LogP contribution in [0.15, 0.2) is 16.5 Å². The summed E-state index contributed by atoms with van der Waals surface area (Å²) in [6, 6.07) is 4.05. The topological polar surface area (TPSA) is 63.4 Å². The van der Waals surface area contributed by atoms with Gasteiger partial charge in [0.2, 0.25) is 0 Å². The van der Waals surface area contributed by atoms with E-state index in [4.69, 9.17) is 19.1 Å². The van der Waals surface area contributed by atoms with E-state index >= 15 is 0 Å². The minimum absolute atomic E-state index is 0.0349. The van der Waals surface area contributed by atoms with Crippen LogP contribution in [0.5, 0.6) is 0 Å². The molecule has 3 aromatic heterocycles. The SMILES string of the molecule is Cc1ccc(C(C)Nc2nc(CN3CCOCC3)nc3sc(C)c(C)c23)o1. The van der Waals surface area contributed by atoms with E-state index in [-0.39, 0.29) is 6.04 Å². The second kappa shape index (κ2) is 7.58. The third kappa shape index (κ3) is 3.85. The van der Waals surface area contributed by atoms with Crippen LogP contribution in [-0.4, -0.2) is 41.2 Å². The van der Waals surface area contributed by atoms with Crippen molar-refractivity contribution in [2.24, 2.45) is 0 Å². The number of furan rings is 1. The van der Waals surface area contributed by atoms with Crippen LogP contribution in [0.25, 0.3) is 10.2 Å². The van der Waals surface area contributed by atoms with Gasteiger partial charge in [-0.15, -0.1) is 11.3 Å². The molecule has 0 amide bonds. The van der Waals surface area contributed by atoms with E-state index < -0.39 is 0 Å². The van der Waals surface area contributed by atoms with Gasteiger partial charge in [0.05, 0.1) is 31.2 Å². The van der Waals surface area contributed by atoms with Crippen molar-refractivity contribution in [1.29, 1.82) is 0 Å². The number of rotatable bonds is 5. The Labute approximate surface area is 163 Å². The molecule has 1 fully saturated rings. The summed E-state index contributed by atoms with van der Waals surface area (Å²) in [5.41, 5.74) is 1.25. The summed E-state index contributed by atoms with van der Waals surface area (Å²) in [4.78, 5) is 14.4. The standard InChI is InChI=1S/C20H26N4O2S/c1-12-5-6-16(26-12)14(3)21-19-18-13(2)15(4)27-20(18)23-17(22-19)11-24-7-9-25-10-8-24/h5-6,14H,7-11H2,1-4H3,(H,21,22,23). The van der Waals surface area contributed by atoms with Crippen LogP contribution < -0.4 is 5.32 Å². The first-order valence-electron chi connectivity index (χ1n) is 9.41. The van der Waals surface area contributed by atoms with Gasteiger partial charge in [-0.2, -0.15) is 0 Å². The van der Waals surface area contributed by atoms with E-state index in [0.29, 0.717) is 0 Å². The lowest BCUT2D eigenvalue weighted by Gasteiger charge is -2.26. The largest absolute Gasteiger partial charge is 0.464 e. The summed E-state index contributed by atoms with van der Waals surface area (Å²) in [7, 11) is 0. The number of hydrogen-bond acceptors (Lipinski definition) is 7. The summed E-state index contributed by atoms with van der Waals surface area (Å²) in [5.74, 6) is 3.59. The molecule has 1 saturated heterocycles. The molecule has 1 N–H and O–H groups in total. The number of ether oxygens (including phenoxy) is 1. The Hall–Kier alpha value is -1.96. The van der Waals surface area contributed by atoms with E-state index in [9.17, 15) is 0 Å². The minimum atomic E-state index is 0.0349. The maximum atomic E-state index is 5.79. The maximum Gasteiger partial charge on any atom is 0.146 e. The molecule has 0 aromatic carbocycles. The highest BCUT2D eigenvalue weighted by molar-refractivity contribution is 7.18. The van der Waals surface area contributed by atoms with Gasteiger partial charge >= 0.3 is 0 Å². The lowest BCUT2D eigenvalue weighted by atomic mass is 10.2. The number of nitrogens with one attached hydrogen (secondary N) is 1. The summed E-state index contributed by atoms with van der Waals surface area (Å²) in [5, 5.41) is 4.69. The molecule has 6 nitrogen and oxygen atoms in total. The van der Waals surface area contributed by atoms with Gasteiger partial charge in [-0.05, 0) is 45.4 Å². The molecule has 0 saturated carbocycles. The predicted molar refractivity (Wildman–Crippen MR) is 108 cm³/mol. The molecule has 1 aliphatic rings. The molecule has 1 aliphatic heterocycles. The Morgan fingerprint density at radius 3 is 2.67 bits per heavy atom. The van der Waals surface area contributed by atoms with Crippen molar-refractivity contribution in [3.63, 3.8) is 0 Å². The van der Waals surface area contributed by atoms with Crippen LogP contribution in [0.2, 0.25) is 0 Å². The van der Waals surface area contributed by atoms with E-state index in [1.165, 1.54) is 10.4 Å². The molecule has 0 radical (unpaired) electrons. The van der Waals surface area contributed by atoms with E-state index in [1.807, 2.05) is 19.1 Å². The third-order valence-corrected chi connectivity index (χ3v) is 6.19. The van der Waals surface area contributed by atoms with E-state index in [2.05, 4.69) is 31.0 Å². The highest BCUT2D eigenvalue weighted by Crippen LogP contribution is 2.35. The number of aromatic nitrogens is 2. The number of anilines is 1. The van der Waals surface area contributed by atoms with Crippen molar-refractivity contribution in [1.82, 2.24) is 14.9 Å². The number of thiophene rings is 1. The zero-order valence-corrected chi connectivity index (χ0v) is 17.2. The molecule has 144 valence electrons. The third-order valence-electron chi connectivity index (χ3n) is 5.08. The number of hydrogen-bond donors (Lipinski definition) is 1. The molecule has 3 aromatic rings. The Morgan fingerprint density at radius 1 is 1.19 bits per heavy atom.